The number of nitrogens with zero attached hydrogens (tertiary/aromatic N) is 1. The second-order valence-corrected chi connectivity index (χ2v) is 11.3. The summed E-state index contributed by atoms with van der Waals surface area (Å²) in [5, 5.41) is 0. The first-order valence-electron chi connectivity index (χ1n) is 15.2. The SMILES string of the molecule is CCCCCCCCCCc1ccccc1OC(CCC)OC(=O)C(CCC)[N+](C)(C)Cc1ccccc1. The Morgan fingerprint density at radius 3 is 2.00 bits per heavy atom. The number of benzene rings is 2. The van der Waals surface area contributed by atoms with Gasteiger partial charge in [-0.3, -0.25) is 0 Å². The van der Waals surface area contributed by atoms with E-state index in [2.05, 4.69) is 71.3 Å². The topological polar surface area (TPSA) is 35.5 Å². The van der Waals surface area contributed by atoms with Crippen molar-refractivity contribution >= 4 is 5.97 Å². The van der Waals surface area contributed by atoms with Crippen LogP contribution in [0, 0.1) is 0 Å². The van der Waals surface area contributed by atoms with Crippen molar-refractivity contribution in [2.24, 2.45) is 0 Å². The summed E-state index contributed by atoms with van der Waals surface area (Å²) in [6.07, 6.45) is 14.2. The van der Waals surface area contributed by atoms with Crippen molar-refractivity contribution in [1.29, 1.82) is 0 Å². The van der Waals surface area contributed by atoms with Crippen LogP contribution in [-0.4, -0.2) is 36.9 Å². The summed E-state index contributed by atoms with van der Waals surface area (Å²) in [6.45, 7) is 7.28. The summed E-state index contributed by atoms with van der Waals surface area (Å²) in [5.74, 6) is 0.693. The Morgan fingerprint density at radius 2 is 1.34 bits per heavy atom. The van der Waals surface area contributed by atoms with Crippen LogP contribution in [0.4, 0.5) is 0 Å². The van der Waals surface area contributed by atoms with Gasteiger partial charge >= 0.3 is 5.97 Å². The number of aryl methyl sites for hydroxylation is 1. The summed E-state index contributed by atoms with van der Waals surface area (Å²) >= 11 is 0. The van der Waals surface area contributed by atoms with Gasteiger partial charge in [0.05, 0.1) is 14.1 Å². The lowest BCUT2D eigenvalue weighted by Crippen LogP contribution is -2.53. The van der Waals surface area contributed by atoms with Gasteiger partial charge in [-0.05, 0) is 37.3 Å². The van der Waals surface area contributed by atoms with Gasteiger partial charge in [0.25, 0.3) is 0 Å². The number of carbonyl (C=O) groups excluding carboxylic acids is 1. The van der Waals surface area contributed by atoms with Gasteiger partial charge in [0.2, 0.25) is 6.29 Å². The minimum absolute atomic E-state index is 0.160. The van der Waals surface area contributed by atoms with Crippen LogP contribution >= 0.6 is 0 Å². The van der Waals surface area contributed by atoms with E-state index in [0.29, 0.717) is 10.9 Å². The van der Waals surface area contributed by atoms with Crippen LogP contribution in [0.5, 0.6) is 5.75 Å². The third kappa shape index (κ3) is 11.6. The number of quaternary nitrogens is 1. The molecule has 0 aliphatic rings. The zero-order valence-corrected chi connectivity index (χ0v) is 24.9. The summed E-state index contributed by atoms with van der Waals surface area (Å²) in [5.41, 5.74) is 2.43. The zero-order valence-electron chi connectivity index (χ0n) is 24.9. The van der Waals surface area contributed by atoms with E-state index in [-0.39, 0.29) is 12.0 Å². The molecule has 4 nitrogen and oxygen atoms in total. The molecule has 0 fully saturated rings. The standard InChI is InChI=1S/C34H54NO3/c1-6-9-10-11-12-13-14-18-25-30-26-19-20-27-32(30)37-33(22-8-3)38-34(36)31(21-7-2)35(4,5)28-29-23-16-15-17-24-29/h15-17,19-20,23-24,26-27,31,33H,6-14,18,21-22,25,28H2,1-5H3/q+1. The second-order valence-electron chi connectivity index (χ2n) is 11.3. The highest BCUT2D eigenvalue weighted by Gasteiger charge is 2.37. The van der Waals surface area contributed by atoms with E-state index in [1.165, 1.54) is 56.1 Å². The Bertz CT molecular complexity index is 896. The van der Waals surface area contributed by atoms with E-state index in [4.69, 9.17) is 9.47 Å². The van der Waals surface area contributed by atoms with E-state index in [0.717, 1.165) is 44.4 Å². The molecule has 2 unspecified atom stereocenters. The predicted octanol–water partition coefficient (Wildman–Crippen LogP) is 8.86. The molecule has 0 saturated carbocycles. The fourth-order valence-electron chi connectivity index (χ4n) is 5.19. The Labute approximate surface area is 233 Å². The minimum Gasteiger partial charge on any atom is -0.454 e. The number of hydrogen-bond acceptors (Lipinski definition) is 3. The molecule has 2 aromatic rings. The molecule has 0 aliphatic heterocycles. The summed E-state index contributed by atoms with van der Waals surface area (Å²) in [6, 6.07) is 18.4. The van der Waals surface area contributed by atoms with Crippen LogP contribution in [0.25, 0.3) is 0 Å². The number of hydrogen-bond donors (Lipinski definition) is 0. The van der Waals surface area contributed by atoms with Crippen molar-refractivity contribution in [3.8, 4) is 5.75 Å². The number of rotatable bonds is 20. The Hall–Kier alpha value is -2.33. The molecule has 0 radical (unpaired) electrons. The van der Waals surface area contributed by atoms with Crippen LogP contribution in [0.1, 0.15) is 109 Å². The molecule has 4 heteroatoms. The Morgan fingerprint density at radius 1 is 0.737 bits per heavy atom. The van der Waals surface area contributed by atoms with Gasteiger partial charge in [-0.2, -0.15) is 0 Å². The lowest BCUT2D eigenvalue weighted by molar-refractivity contribution is -0.920. The van der Waals surface area contributed by atoms with E-state index in [9.17, 15) is 4.79 Å². The highest BCUT2D eigenvalue weighted by atomic mass is 16.7. The molecule has 0 saturated heterocycles. The molecule has 0 amide bonds. The maximum Gasteiger partial charge on any atom is 0.368 e. The van der Waals surface area contributed by atoms with Gasteiger partial charge in [-0.15, -0.1) is 0 Å². The smallest absolute Gasteiger partial charge is 0.368 e. The molecule has 2 atom stereocenters. The number of likely N-dealkylation sites (N-methyl/N-ethyl adjacent to an activating group) is 1. The van der Waals surface area contributed by atoms with Crippen molar-refractivity contribution in [2.75, 3.05) is 14.1 Å². The molecule has 0 aliphatic carbocycles. The fraction of sp³-hybridized carbons (Fsp3) is 0.618. The van der Waals surface area contributed by atoms with Crippen LogP contribution in [0.15, 0.2) is 54.6 Å². The first-order chi connectivity index (χ1) is 18.4. The highest BCUT2D eigenvalue weighted by Crippen LogP contribution is 2.25. The van der Waals surface area contributed by atoms with Crippen molar-refractivity contribution in [3.63, 3.8) is 0 Å². The maximum absolute atomic E-state index is 13.6. The van der Waals surface area contributed by atoms with Crippen LogP contribution in [0.3, 0.4) is 0 Å². The predicted molar refractivity (Wildman–Crippen MR) is 159 cm³/mol. The molecule has 0 bridgehead atoms. The molecular weight excluding hydrogens is 470 g/mol. The molecule has 2 rings (SSSR count). The fourth-order valence-corrected chi connectivity index (χ4v) is 5.19. The van der Waals surface area contributed by atoms with Gasteiger partial charge in [0.1, 0.15) is 12.3 Å². The number of para-hydroxylation sites is 1. The van der Waals surface area contributed by atoms with Gasteiger partial charge in [0.15, 0.2) is 6.04 Å². The van der Waals surface area contributed by atoms with Crippen molar-refractivity contribution < 1.29 is 18.8 Å². The Balaban J connectivity index is 1.99. The number of unbranched alkanes of at least 4 members (excludes halogenated alkanes) is 7. The van der Waals surface area contributed by atoms with Crippen molar-refractivity contribution in [3.05, 3.63) is 65.7 Å². The molecule has 0 N–H and O–H groups in total. The quantitative estimate of drug-likeness (QED) is 0.0751. The molecule has 212 valence electrons. The molecule has 0 aromatic heterocycles. The van der Waals surface area contributed by atoms with Gasteiger partial charge in [-0.1, -0.05) is 114 Å². The normalized spacial score (nSPS) is 13.2. The molecule has 2 aromatic carbocycles. The number of carbonyl (C=O) groups is 1. The highest BCUT2D eigenvalue weighted by molar-refractivity contribution is 5.74. The first-order valence-corrected chi connectivity index (χ1v) is 15.2. The second kappa shape index (κ2) is 18.0. The van der Waals surface area contributed by atoms with Gasteiger partial charge in [0, 0.05) is 18.4 Å². The average Bonchev–Trinajstić information content (AvgIpc) is 2.90. The first kappa shape index (κ1) is 31.9. The molecule has 38 heavy (non-hydrogen) atoms. The minimum atomic E-state index is -0.566. The van der Waals surface area contributed by atoms with Gasteiger partial charge < -0.3 is 14.0 Å². The summed E-state index contributed by atoms with van der Waals surface area (Å²) in [7, 11) is 4.26. The van der Waals surface area contributed by atoms with Crippen molar-refractivity contribution in [2.45, 2.75) is 123 Å². The maximum atomic E-state index is 13.6. The van der Waals surface area contributed by atoms with E-state index in [1.54, 1.807) is 0 Å². The molecular formula is C34H54NO3+. The average molecular weight is 525 g/mol. The number of esters is 1. The largest absolute Gasteiger partial charge is 0.454 e. The van der Waals surface area contributed by atoms with Crippen LogP contribution < -0.4 is 4.74 Å². The van der Waals surface area contributed by atoms with E-state index in [1.807, 2.05) is 18.2 Å². The summed E-state index contributed by atoms with van der Waals surface area (Å²) in [4.78, 5) is 13.6. The van der Waals surface area contributed by atoms with Crippen molar-refractivity contribution in [1.82, 2.24) is 0 Å². The monoisotopic (exact) mass is 524 g/mol. The van der Waals surface area contributed by atoms with Crippen LogP contribution in [0.2, 0.25) is 0 Å². The molecule has 0 spiro atoms. The third-order valence-corrected chi connectivity index (χ3v) is 7.41. The molecule has 0 heterocycles. The van der Waals surface area contributed by atoms with Crippen LogP contribution in [-0.2, 0) is 22.5 Å². The summed E-state index contributed by atoms with van der Waals surface area (Å²) < 4.78 is 13.1. The van der Waals surface area contributed by atoms with E-state index >= 15 is 0 Å². The van der Waals surface area contributed by atoms with Gasteiger partial charge in [-0.25, -0.2) is 4.79 Å². The zero-order chi connectivity index (χ0) is 27.6. The lowest BCUT2D eigenvalue weighted by Gasteiger charge is -2.37. The Kier molecular flexibility index (Phi) is 15.1. The third-order valence-electron chi connectivity index (χ3n) is 7.41. The van der Waals surface area contributed by atoms with E-state index < -0.39 is 6.29 Å². The lowest BCUT2D eigenvalue weighted by atomic mass is 10.0. The number of ether oxygens (including phenoxy) is 2.